The number of piperazine rings is 1. The molecule has 1 spiro atoms. The lowest BCUT2D eigenvalue weighted by Gasteiger charge is -2.39. The topological polar surface area (TPSA) is 65.5 Å². The summed E-state index contributed by atoms with van der Waals surface area (Å²) in [6, 6.07) is 16.0. The number of nitrogens with zero attached hydrogens (tertiary/aromatic N) is 3. The molecule has 0 atom stereocenters. The van der Waals surface area contributed by atoms with Gasteiger partial charge in [-0.25, -0.2) is 4.79 Å². The molecule has 164 valence electrons. The van der Waals surface area contributed by atoms with E-state index in [0.29, 0.717) is 5.56 Å². The van der Waals surface area contributed by atoms with Crippen LogP contribution >= 0.6 is 0 Å². The number of hydrogen-bond acceptors (Lipinski definition) is 6. The lowest BCUT2D eigenvalue weighted by molar-refractivity contribution is -0.169. The van der Waals surface area contributed by atoms with Gasteiger partial charge in [0.15, 0.2) is 5.79 Å². The average molecular weight is 424 g/mol. The molecule has 0 radical (unpaired) electrons. The molecule has 2 aromatic rings. The molecule has 0 aromatic heterocycles. The first kappa shape index (κ1) is 20.2. The van der Waals surface area contributed by atoms with E-state index in [0.717, 1.165) is 71.0 Å². The van der Waals surface area contributed by atoms with Crippen LogP contribution in [0.4, 0.5) is 17.1 Å². The van der Waals surface area contributed by atoms with Gasteiger partial charge >= 0.3 is 5.97 Å². The number of carboxylic acids is 1. The molecule has 1 N–H and O–H groups in total. The number of benzene rings is 2. The monoisotopic (exact) mass is 423 g/mol. The zero-order chi connectivity index (χ0) is 21.3. The number of rotatable bonds is 4. The Morgan fingerprint density at radius 2 is 1.06 bits per heavy atom. The molecule has 5 rings (SSSR count). The summed E-state index contributed by atoms with van der Waals surface area (Å²) in [4.78, 5) is 18.2. The predicted molar refractivity (Wildman–Crippen MR) is 120 cm³/mol. The molecule has 0 amide bonds. The summed E-state index contributed by atoms with van der Waals surface area (Å²) in [5, 5.41) is 9.06. The highest BCUT2D eigenvalue weighted by atomic mass is 16.7. The maximum absolute atomic E-state index is 11.0. The van der Waals surface area contributed by atoms with Crippen molar-refractivity contribution >= 4 is 23.0 Å². The van der Waals surface area contributed by atoms with Crippen LogP contribution in [0, 0.1) is 0 Å². The van der Waals surface area contributed by atoms with Crippen molar-refractivity contribution in [1.82, 2.24) is 0 Å². The van der Waals surface area contributed by atoms with Gasteiger partial charge in [0.25, 0.3) is 0 Å². The van der Waals surface area contributed by atoms with Gasteiger partial charge in [-0.3, -0.25) is 0 Å². The van der Waals surface area contributed by atoms with Crippen LogP contribution in [0.15, 0.2) is 48.5 Å². The third-order valence-corrected chi connectivity index (χ3v) is 6.68. The van der Waals surface area contributed by atoms with E-state index in [-0.39, 0.29) is 5.79 Å². The third-order valence-electron chi connectivity index (χ3n) is 6.68. The summed E-state index contributed by atoms with van der Waals surface area (Å²) in [5.74, 6) is -1.21. The van der Waals surface area contributed by atoms with Crippen LogP contribution in [0.2, 0.25) is 0 Å². The number of carboxylic acid groups (broad SMARTS) is 1. The first-order valence-electron chi connectivity index (χ1n) is 11.1. The Morgan fingerprint density at radius 3 is 1.48 bits per heavy atom. The minimum Gasteiger partial charge on any atom is -0.478 e. The van der Waals surface area contributed by atoms with Crippen molar-refractivity contribution in [3.05, 3.63) is 54.1 Å². The molecule has 3 saturated heterocycles. The second-order valence-corrected chi connectivity index (χ2v) is 8.44. The molecule has 0 aliphatic carbocycles. The highest BCUT2D eigenvalue weighted by molar-refractivity contribution is 5.88. The van der Waals surface area contributed by atoms with E-state index in [9.17, 15) is 4.79 Å². The first-order valence-corrected chi connectivity index (χ1v) is 11.1. The lowest BCUT2D eigenvalue weighted by Crippen LogP contribution is -2.46. The van der Waals surface area contributed by atoms with Crippen LogP contribution in [0.3, 0.4) is 0 Å². The first-order chi connectivity index (χ1) is 15.1. The molecular weight excluding hydrogens is 394 g/mol. The highest BCUT2D eigenvalue weighted by Crippen LogP contribution is 2.33. The zero-order valence-corrected chi connectivity index (χ0v) is 17.7. The van der Waals surface area contributed by atoms with Crippen LogP contribution in [-0.4, -0.2) is 69.3 Å². The molecule has 31 heavy (non-hydrogen) atoms. The largest absolute Gasteiger partial charge is 0.478 e. The van der Waals surface area contributed by atoms with Gasteiger partial charge in [0.05, 0.1) is 18.8 Å². The van der Waals surface area contributed by atoms with Gasteiger partial charge < -0.3 is 29.3 Å². The second-order valence-electron chi connectivity index (χ2n) is 8.44. The molecule has 3 aliphatic heterocycles. The van der Waals surface area contributed by atoms with E-state index in [1.54, 1.807) is 12.1 Å². The van der Waals surface area contributed by atoms with Gasteiger partial charge in [0, 0.05) is 69.2 Å². The number of aromatic carboxylic acids is 1. The van der Waals surface area contributed by atoms with Gasteiger partial charge in [0.2, 0.25) is 0 Å². The van der Waals surface area contributed by atoms with E-state index < -0.39 is 5.97 Å². The Morgan fingerprint density at radius 1 is 0.677 bits per heavy atom. The summed E-state index contributed by atoms with van der Waals surface area (Å²) in [5.41, 5.74) is 3.92. The van der Waals surface area contributed by atoms with Gasteiger partial charge in [-0.15, -0.1) is 0 Å². The highest BCUT2D eigenvalue weighted by Gasteiger charge is 2.39. The Hall–Kier alpha value is -2.77. The molecular formula is C24H29N3O4. The van der Waals surface area contributed by atoms with E-state index in [1.807, 2.05) is 12.1 Å². The molecule has 7 heteroatoms. The summed E-state index contributed by atoms with van der Waals surface area (Å²) in [6.07, 6.45) is 1.84. The van der Waals surface area contributed by atoms with Gasteiger partial charge in [-0.2, -0.15) is 0 Å². The summed E-state index contributed by atoms with van der Waals surface area (Å²) in [6.45, 7) is 7.08. The average Bonchev–Trinajstić information content (AvgIpc) is 3.28. The second kappa shape index (κ2) is 8.40. The van der Waals surface area contributed by atoms with Crippen LogP contribution in [0.1, 0.15) is 23.2 Å². The molecule has 3 fully saturated rings. The summed E-state index contributed by atoms with van der Waals surface area (Å²) < 4.78 is 11.7. The third kappa shape index (κ3) is 4.20. The van der Waals surface area contributed by atoms with E-state index in [2.05, 4.69) is 39.0 Å². The quantitative estimate of drug-likeness (QED) is 0.811. The molecule has 0 unspecified atom stereocenters. The van der Waals surface area contributed by atoms with Crippen molar-refractivity contribution in [3.63, 3.8) is 0 Å². The molecule has 3 heterocycles. The zero-order valence-electron chi connectivity index (χ0n) is 17.7. The van der Waals surface area contributed by atoms with Crippen LogP contribution in [0.5, 0.6) is 0 Å². The fourth-order valence-corrected chi connectivity index (χ4v) is 4.80. The minimum atomic E-state index is -0.885. The predicted octanol–water partition coefficient (Wildman–Crippen LogP) is 3.05. The van der Waals surface area contributed by atoms with Crippen molar-refractivity contribution in [1.29, 1.82) is 0 Å². The fourth-order valence-electron chi connectivity index (χ4n) is 4.80. The molecule has 7 nitrogen and oxygen atoms in total. The van der Waals surface area contributed by atoms with Crippen molar-refractivity contribution < 1.29 is 19.4 Å². The lowest BCUT2D eigenvalue weighted by atomic mass is 10.0. The van der Waals surface area contributed by atoms with Gasteiger partial charge in [0.1, 0.15) is 0 Å². The van der Waals surface area contributed by atoms with Crippen molar-refractivity contribution in [2.75, 3.05) is 67.2 Å². The SMILES string of the molecule is O=C(O)c1ccc(N2CCN(c3ccc(N4CCC5(CC4)OCCO5)cc3)CC2)cc1. The smallest absolute Gasteiger partial charge is 0.335 e. The summed E-state index contributed by atoms with van der Waals surface area (Å²) >= 11 is 0. The van der Waals surface area contributed by atoms with Crippen molar-refractivity contribution in [2.24, 2.45) is 0 Å². The van der Waals surface area contributed by atoms with Crippen molar-refractivity contribution in [3.8, 4) is 0 Å². The number of anilines is 3. The minimum absolute atomic E-state index is 0.328. The molecule has 0 bridgehead atoms. The fraction of sp³-hybridized carbons (Fsp3) is 0.458. The Bertz CT molecular complexity index is 891. The Labute approximate surface area is 182 Å². The number of piperidine rings is 1. The van der Waals surface area contributed by atoms with Gasteiger partial charge in [-0.05, 0) is 48.5 Å². The molecule has 3 aliphatic rings. The molecule has 2 aromatic carbocycles. The number of ether oxygens (including phenoxy) is 2. The summed E-state index contributed by atoms with van der Waals surface area (Å²) in [7, 11) is 0. The van der Waals surface area contributed by atoms with Crippen LogP contribution in [-0.2, 0) is 9.47 Å². The van der Waals surface area contributed by atoms with E-state index in [1.165, 1.54) is 11.4 Å². The van der Waals surface area contributed by atoms with E-state index in [4.69, 9.17) is 14.6 Å². The maximum Gasteiger partial charge on any atom is 0.335 e. The molecule has 0 saturated carbocycles. The van der Waals surface area contributed by atoms with Crippen LogP contribution < -0.4 is 14.7 Å². The number of hydrogen-bond donors (Lipinski definition) is 1. The standard InChI is InChI=1S/C24H29N3O4/c28-23(29)19-1-3-20(4-2-19)26-13-15-27(16-14-26)22-7-5-21(6-8-22)25-11-9-24(10-12-25)30-17-18-31-24/h1-8H,9-18H2,(H,28,29). The maximum atomic E-state index is 11.0. The van der Waals surface area contributed by atoms with E-state index >= 15 is 0 Å². The van der Waals surface area contributed by atoms with Gasteiger partial charge in [-0.1, -0.05) is 0 Å². The Balaban J connectivity index is 1.15. The Kier molecular flexibility index (Phi) is 5.46. The number of carbonyl (C=O) groups is 1. The van der Waals surface area contributed by atoms with Crippen LogP contribution in [0.25, 0.3) is 0 Å². The normalized spacial score (nSPS) is 21.0. The van der Waals surface area contributed by atoms with Crippen molar-refractivity contribution in [2.45, 2.75) is 18.6 Å².